The number of urea groups is 1. The molecular formula is C13H18N4O2. The molecule has 1 heterocycles. The minimum absolute atomic E-state index is 0.0192. The fourth-order valence-electron chi connectivity index (χ4n) is 2.12. The highest BCUT2D eigenvalue weighted by Gasteiger charge is 2.21. The highest BCUT2D eigenvalue weighted by Crippen LogP contribution is 2.11. The molecule has 1 saturated heterocycles. The van der Waals surface area contributed by atoms with E-state index in [-0.39, 0.29) is 11.9 Å². The molecule has 5 N–H and O–H groups in total. The summed E-state index contributed by atoms with van der Waals surface area (Å²) < 4.78 is 0. The van der Waals surface area contributed by atoms with Gasteiger partial charge in [0.05, 0.1) is 6.04 Å². The SMILES string of the molecule is NC(=O)Nc1cccc(CNC(=O)C2CCCN2)c1. The van der Waals surface area contributed by atoms with Crippen molar-refractivity contribution < 1.29 is 9.59 Å². The standard InChI is InChI=1S/C13H18N4O2/c14-13(19)17-10-4-1-3-9(7-10)8-16-12(18)11-5-2-6-15-11/h1,3-4,7,11,15H,2,5-6,8H2,(H,16,18)(H3,14,17,19). The molecule has 0 aliphatic carbocycles. The van der Waals surface area contributed by atoms with Gasteiger partial charge >= 0.3 is 6.03 Å². The molecule has 6 heteroatoms. The maximum Gasteiger partial charge on any atom is 0.316 e. The largest absolute Gasteiger partial charge is 0.351 e. The van der Waals surface area contributed by atoms with Crippen LogP contribution in [-0.4, -0.2) is 24.5 Å². The summed E-state index contributed by atoms with van der Waals surface area (Å²) in [4.78, 5) is 22.6. The van der Waals surface area contributed by atoms with Crippen LogP contribution in [-0.2, 0) is 11.3 Å². The fourth-order valence-corrected chi connectivity index (χ4v) is 2.12. The zero-order valence-electron chi connectivity index (χ0n) is 10.6. The number of nitrogens with two attached hydrogens (primary N) is 1. The first-order chi connectivity index (χ1) is 9.15. The lowest BCUT2D eigenvalue weighted by Crippen LogP contribution is -2.40. The highest BCUT2D eigenvalue weighted by atomic mass is 16.2. The van der Waals surface area contributed by atoms with E-state index < -0.39 is 6.03 Å². The van der Waals surface area contributed by atoms with E-state index in [0.717, 1.165) is 24.9 Å². The minimum Gasteiger partial charge on any atom is -0.351 e. The molecule has 19 heavy (non-hydrogen) atoms. The monoisotopic (exact) mass is 262 g/mol. The van der Waals surface area contributed by atoms with Crippen molar-refractivity contribution in [2.75, 3.05) is 11.9 Å². The molecule has 1 aliphatic rings. The van der Waals surface area contributed by atoms with Gasteiger partial charge in [0.25, 0.3) is 0 Å². The summed E-state index contributed by atoms with van der Waals surface area (Å²) in [6.07, 6.45) is 1.92. The summed E-state index contributed by atoms with van der Waals surface area (Å²) in [6.45, 7) is 1.33. The van der Waals surface area contributed by atoms with Crippen LogP contribution in [0.2, 0.25) is 0 Å². The first kappa shape index (κ1) is 13.4. The first-order valence-corrected chi connectivity index (χ1v) is 6.31. The summed E-state index contributed by atoms with van der Waals surface area (Å²) in [6, 6.07) is 6.54. The van der Waals surface area contributed by atoms with E-state index in [1.807, 2.05) is 6.07 Å². The van der Waals surface area contributed by atoms with Crippen LogP contribution in [0.15, 0.2) is 24.3 Å². The van der Waals surface area contributed by atoms with Crippen molar-refractivity contribution >= 4 is 17.6 Å². The predicted molar refractivity (Wildman–Crippen MR) is 72.5 cm³/mol. The lowest BCUT2D eigenvalue weighted by molar-refractivity contribution is -0.122. The molecule has 0 saturated carbocycles. The number of carbonyl (C=O) groups is 2. The maximum atomic E-state index is 11.8. The van der Waals surface area contributed by atoms with Crippen LogP contribution in [0.1, 0.15) is 18.4 Å². The Labute approximate surface area is 111 Å². The van der Waals surface area contributed by atoms with Crippen LogP contribution in [0, 0.1) is 0 Å². The van der Waals surface area contributed by atoms with Crippen LogP contribution in [0.5, 0.6) is 0 Å². The highest BCUT2D eigenvalue weighted by molar-refractivity contribution is 5.87. The van der Waals surface area contributed by atoms with Gasteiger partial charge in [-0.2, -0.15) is 0 Å². The van der Waals surface area contributed by atoms with E-state index >= 15 is 0 Å². The van der Waals surface area contributed by atoms with Gasteiger partial charge in [-0.1, -0.05) is 12.1 Å². The van der Waals surface area contributed by atoms with Crippen LogP contribution in [0.25, 0.3) is 0 Å². The van der Waals surface area contributed by atoms with Gasteiger partial charge in [-0.15, -0.1) is 0 Å². The van der Waals surface area contributed by atoms with Gasteiger partial charge in [-0.3, -0.25) is 4.79 Å². The second-order valence-corrected chi connectivity index (χ2v) is 4.56. The van der Waals surface area contributed by atoms with Gasteiger partial charge in [-0.25, -0.2) is 4.79 Å². The van der Waals surface area contributed by atoms with Crippen molar-refractivity contribution in [2.45, 2.75) is 25.4 Å². The second-order valence-electron chi connectivity index (χ2n) is 4.56. The third-order valence-corrected chi connectivity index (χ3v) is 3.04. The van der Waals surface area contributed by atoms with E-state index in [4.69, 9.17) is 5.73 Å². The Morgan fingerprint density at radius 1 is 1.42 bits per heavy atom. The van der Waals surface area contributed by atoms with Crippen molar-refractivity contribution in [1.29, 1.82) is 0 Å². The molecule has 1 atom stereocenters. The smallest absolute Gasteiger partial charge is 0.316 e. The van der Waals surface area contributed by atoms with E-state index in [1.165, 1.54) is 0 Å². The van der Waals surface area contributed by atoms with Gasteiger partial charge in [0, 0.05) is 12.2 Å². The van der Waals surface area contributed by atoms with Crippen molar-refractivity contribution in [3.05, 3.63) is 29.8 Å². The number of nitrogens with one attached hydrogen (secondary N) is 3. The molecular weight excluding hydrogens is 244 g/mol. The molecule has 0 radical (unpaired) electrons. The van der Waals surface area contributed by atoms with Gasteiger partial charge in [-0.05, 0) is 37.1 Å². The number of carbonyl (C=O) groups excluding carboxylic acids is 2. The number of hydrogen-bond donors (Lipinski definition) is 4. The number of primary amides is 1. The van der Waals surface area contributed by atoms with Crippen LogP contribution in [0.3, 0.4) is 0 Å². The van der Waals surface area contributed by atoms with E-state index in [0.29, 0.717) is 12.2 Å². The van der Waals surface area contributed by atoms with E-state index in [2.05, 4.69) is 16.0 Å². The Bertz CT molecular complexity index is 469. The lowest BCUT2D eigenvalue weighted by atomic mass is 10.2. The van der Waals surface area contributed by atoms with Gasteiger partial charge in [0.2, 0.25) is 5.91 Å². The van der Waals surface area contributed by atoms with Crippen molar-refractivity contribution in [3.8, 4) is 0 Å². The molecule has 0 aromatic heterocycles. The topological polar surface area (TPSA) is 96.2 Å². The Kier molecular flexibility index (Phi) is 4.35. The van der Waals surface area contributed by atoms with Gasteiger partial charge < -0.3 is 21.7 Å². The summed E-state index contributed by atoms with van der Waals surface area (Å²) in [5, 5.41) is 8.52. The Balaban J connectivity index is 1.88. The summed E-state index contributed by atoms with van der Waals surface area (Å²) >= 11 is 0. The van der Waals surface area contributed by atoms with Crippen molar-refractivity contribution in [2.24, 2.45) is 5.73 Å². The average molecular weight is 262 g/mol. The molecule has 1 unspecified atom stereocenters. The number of benzene rings is 1. The second kappa shape index (κ2) is 6.19. The number of amides is 3. The Morgan fingerprint density at radius 3 is 2.95 bits per heavy atom. The maximum absolute atomic E-state index is 11.8. The molecule has 2 rings (SSSR count). The fraction of sp³-hybridized carbons (Fsp3) is 0.385. The zero-order chi connectivity index (χ0) is 13.7. The summed E-state index contributed by atoms with van der Waals surface area (Å²) in [5.41, 5.74) is 6.59. The zero-order valence-corrected chi connectivity index (χ0v) is 10.6. The number of rotatable bonds is 4. The van der Waals surface area contributed by atoms with Gasteiger partial charge in [0.1, 0.15) is 0 Å². The molecule has 1 fully saturated rings. The molecule has 1 aliphatic heterocycles. The molecule has 0 bridgehead atoms. The van der Waals surface area contributed by atoms with Gasteiger partial charge in [0.15, 0.2) is 0 Å². The molecule has 1 aromatic rings. The van der Waals surface area contributed by atoms with Crippen LogP contribution >= 0.6 is 0 Å². The Morgan fingerprint density at radius 2 is 2.26 bits per heavy atom. The third-order valence-electron chi connectivity index (χ3n) is 3.04. The summed E-state index contributed by atoms with van der Waals surface area (Å²) in [5.74, 6) is 0.0192. The lowest BCUT2D eigenvalue weighted by Gasteiger charge is -2.11. The quantitative estimate of drug-likeness (QED) is 0.638. The third kappa shape index (κ3) is 3.96. The van der Waals surface area contributed by atoms with E-state index in [1.54, 1.807) is 18.2 Å². The number of anilines is 1. The van der Waals surface area contributed by atoms with Crippen LogP contribution in [0.4, 0.5) is 10.5 Å². The van der Waals surface area contributed by atoms with Crippen molar-refractivity contribution in [1.82, 2.24) is 10.6 Å². The molecule has 6 nitrogen and oxygen atoms in total. The number of hydrogen-bond acceptors (Lipinski definition) is 3. The summed E-state index contributed by atoms with van der Waals surface area (Å²) in [7, 11) is 0. The molecule has 1 aromatic carbocycles. The minimum atomic E-state index is -0.601. The first-order valence-electron chi connectivity index (χ1n) is 6.31. The van der Waals surface area contributed by atoms with Crippen LogP contribution < -0.4 is 21.7 Å². The van der Waals surface area contributed by atoms with E-state index in [9.17, 15) is 9.59 Å². The normalized spacial score (nSPS) is 18.0. The Hall–Kier alpha value is -2.08. The predicted octanol–water partition coefficient (Wildman–Crippen LogP) is 0.545. The molecule has 0 spiro atoms. The van der Waals surface area contributed by atoms with Crippen molar-refractivity contribution in [3.63, 3.8) is 0 Å². The average Bonchev–Trinajstić information content (AvgIpc) is 2.89. The molecule has 102 valence electrons. The molecule has 3 amide bonds.